The van der Waals surface area contributed by atoms with Crippen LogP contribution in [-0.4, -0.2) is 67.0 Å². The predicted octanol–water partition coefficient (Wildman–Crippen LogP) is 3.01. The second-order valence-electron chi connectivity index (χ2n) is 9.92. The number of carbonyl (C=O) groups is 4. The summed E-state index contributed by atoms with van der Waals surface area (Å²) in [6.07, 6.45) is 6.45. The van der Waals surface area contributed by atoms with E-state index >= 15 is 0 Å². The number of ketones is 2. The van der Waals surface area contributed by atoms with Crippen LogP contribution in [0, 0.1) is 0 Å². The number of hydrogen-bond acceptors (Lipinski definition) is 8. The molecule has 2 amide bonds. The third kappa shape index (κ3) is 6.17. The maximum Gasteiger partial charge on any atom is 0.250 e. The number of carbonyl (C=O) groups excluding carboxylic acids is 4. The lowest BCUT2D eigenvalue weighted by Gasteiger charge is -2.52. The van der Waals surface area contributed by atoms with Gasteiger partial charge in [0, 0.05) is 0 Å². The van der Waals surface area contributed by atoms with E-state index in [0.29, 0.717) is 13.0 Å². The van der Waals surface area contributed by atoms with Gasteiger partial charge in [-0.3, -0.25) is 28.9 Å². The summed E-state index contributed by atoms with van der Waals surface area (Å²) in [4.78, 5) is 57.0. The molecule has 4 aliphatic rings. The zero-order chi connectivity index (χ0) is 28.3. The van der Waals surface area contributed by atoms with E-state index in [2.05, 4.69) is 0 Å². The molecule has 0 unspecified atom stereocenters. The molecule has 6 rings (SSSR count). The number of allylic oxidation sites excluding steroid dienone is 2. The summed E-state index contributed by atoms with van der Waals surface area (Å²) in [7, 11) is 0. The number of β-lactam (4-membered cyclic amide) rings is 2. The highest BCUT2D eigenvalue weighted by Gasteiger charge is 2.60. The van der Waals surface area contributed by atoms with Crippen LogP contribution in [0.3, 0.4) is 0 Å². The van der Waals surface area contributed by atoms with Crippen molar-refractivity contribution in [3.05, 3.63) is 108 Å². The molecule has 2 aromatic carbocycles. The molecule has 0 saturated carbocycles. The average Bonchev–Trinajstić information content (AvgIpc) is 2.96. The summed E-state index contributed by atoms with van der Waals surface area (Å²) in [6, 6.07) is 18.9. The Balaban J connectivity index is 0.000000221. The van der Waals surface area contributed by atoms with Crippen molar-refractivity contribution >= 4 is 23.4 Å². The molecule has 2 heterocycles. The topological polar surface area (TPSA) is 134 Å². The Hall–Kier alpha value is -4.22. The van der Waals surface area contributed by atoms with Gasteiger partial charge in [0.25, 0.3) is 0 Å². The maximum absolute atomic E-state index is 11.7. The number of amides is 2. The Morgan fingerprint density at radius 2 is 1.19 bits per heavy atom. The van der Waals surface area contributed by atoms with Gasteiger partial charge in [0.2, 0.25) is 11.8 Å². The van der Waals surface area contributed by atoms with E-state index in [9.17, 15) is 29.4 Å². The average molecular weight is 577 g/mol. The van der Waals surface area contributed by atoms with E-state index < -0.39 is 29.1 Å². The second kappa shape index (κ2) is 13.2. The summed E-state index contributed by atoms with van der Waals surface area (Å²) in [5.41, 5.74) is 0.148. The highest BCUT2D eigenvalue weighted by molar-refractivity contribution is 6.02. The van der Waals surface area contributed by atoms with Gasteiger partial charge in [-0.1, -0.05) is 75.5 Å². The van der Waals surface area contributed by atoms with Crippen LogP contribution in [-0.2, 0) is 42.1 Å². The molecule has 222 valence electrons. The molecule has 0 radical (unpaired) electrons. The quantitative estimate of drug-likeness (QED) is 0.502. The van der Waals surface area contributed by atoms with E-state index in [4.69, 9.17) is 9.68 Å². The van der Waals surface area contributed by atoms with Crippen LogP contribution < -0.4 is 0 Å². The number of nitrogens with zero attached hydrogens (tertiary/aromatic N) is 2. The SMILES string of the molecule is C.C.O=C1C=CC2(C=C1)CC(=O)N2OCc1ccccc1.O=C1C=C[C@]2(CC(=O)N2OCc2ccccc2)[C@H](O)[C@@H]1O. The smallest absolute Gasteiger partial charge is 0.250 e. The lowest BCUT2D eigenvalue weighted by molar-refractivity contribution is -0.275. The molecule has 10 heteroatoms. The minimum atomic E-state index is -1.54. The number of aliphatic hydroxyl groups is 2. The van der Waals surface area contributed by atoms with Gasteiger partial charge in [0.15, 0.2) is 11.6 Å². The standard InChI is InChI=1S/C15H15NO5.C15H13NO3.2CH4/c17-11-6-7-15(14(20)13(11)19)8-12(18)16(15)21-9-10-4-2-1-3-5-10;17-13-6-8-15(9-7-13)10-14(18)16(15)19-11-12-4-2-1-3-5-12;;/h1-7,13-14,19-20H,8-9H2;1-9H,10-11H2;2*1H4/t13-,14-,15+;;;/m1.../s1. The molecule has 2 N–H and O–H groups in total. The van der Waals surface area contributed by atoms with E-state index in [1.54, 1.807) is 12.2 Å². The summed E-state index contributed by atoms with van der Waals surface area (Å²) in [5.74, 6) is -1.00. The molecule has 10 nitrogen and oxygen atoms in total. The monoisotopic (exact) mass is 576 g/mol. The molecule has 2 saturated heterocycles. The predicted molar refractivity (Wildman–Crippen MR) is 154 cm³/mol. The zero-order valence-electron chi connectivity index (χ0n) is 21.5. The van der Waals surface area contributed by atoms with Gasteiger partial charge >= 0.3 is 0 Å². The lowest BCUT2D eigenvalue weighted by Crippen LogP contribution is -2.71. The number of benzene rings is 2. The molecule has 2 spiro atoms. The van der Waals surface area contributed by atoms with E-state index in [-0.39, 0.29) is 45.5 Å². The number of rotatable bonds is 6. The van der Waals surface area contributed by atoms with Crippen molar-refractivity contribution in [1.82, 2.24) is 10.1 Å². The Bertz CT molecular complexity index is 1370. The zero-order valence-corrected chi connectivity index (χ0v) is 21.5. The van der Waals surface area contributed by atoms with Crippen LogP contribution in [0.2, 0.25) is 0 Å². The van der Waals surface area contributed by atoms with Crippen molar-refractivity contribution < 1.29 is 39.1 Å². The van der Waals surface area contributed by atoms with E-state index in [1.165, 1.54) is 29.4 Å². The van der Waals surface area contributed by atoms with Crippen LogP contribution in [0.1, 0.15) is 38.8 Å². The van der Waals surface area contributed by atoms with Crippen molar-refractivity contribution in [2.45, 2.75) is 64.2 Å². The Labute approximate surface area is 245 Å². The molecule has 2 fully saturated rings. The van der Waals surface area contributed by atoms with Crippen LogP contribution in [0.25, 0.3) is 0 Å². The highest BCUT2D eigenvalue weighted by atomic mass is 16.7. The molecule has 2 aliphatic heterocycles. The van der Waals surface area contributed by atoms with Gasteiger partial charge in [-0.15, -0.1) is 0 Å². The van der Waals surface area contributed by atoms with Gasteiger partial charge in [0.05, 0.1) is 12.8 Å². The van der Waals surface area contributed by atoms with E-state index in [1.807, 2.05) is 60.7 Å². The van der Waals surface area contributed by atoms with E-state index in [0.717, 1.165) is 16.2 Å². The largest absolute Gasteiger partial charge is 0.387 e. The van der Waals surface area contributed by atoms with Crippen LogP contribution in [0.5, 0.6) is 0 Å². The summed E-state index contributed by atoms with van der Waals surface area (Å²) in [6.45, 7) is 0.503. The number of aliphatic hydroxyl groups excluding tert-OH is 2. The molecule has 2 aromatic rings. The number of hydrogen-bond donors (Lipinski definition) is 2. The minimum absolute atomic E-state index is 0. The fourth-order valence-electron chi connectivity index (χ4n) is 4.89. The first-order chi connectivity index (χ1) is 19.2. The molecule has 3 atom stereocenters. The first-order valence-electron chi connectivity index (χ1n) is 12.8. The first-order valence-corrected chi connectivity index (χ1v) is 12.8. The third-order valence-corrected chi connectivity index (χ3v) is 7.20. The van der Waals surface area contributed by atoms with Crippen molar-refractivity contribution in [3.8, 4) is 0 Å². The molecular formula is C32H36N2O8. The molecular weight excluding hydrogens is 540 g/mol. The van der Waals surface area contributed by atoms with Gasteiger partial charge in [-0.2, -0.15) is 0 Å². The molecule has 42 heavy (non-hydrogen) atoms. The van der Waals surface area contributed by atoms with Crippen molar-refractivity contribution in [2.24, 2.45) is 0 Å². The van der Waals surface area contributed by atoms with Crippen LogP contribution in [0.15, 0.2) is 97.1 Å². The molecule has 2 aliphatic carbocycles. The summed E-state index contributed by atoms with van der Waals surface area (Å²) in [5, 5.41) is 22.2. The minimum Gasteiger partial charge on any atom is -0.387 e. The van der Waals surface area contributed by atoms with Crippen LogP contribution >= 0.6 is 0 Å². The second-order valence-corrected chi connectivity index (χ2v) is 9.92. The van der Waals surface area contributed by atoms with Crippen LogP contribution in [0.4, 0.5) is 0 Å². The fraction of sp³-hybridized carbons (Fsp3) is 0.312. The normalized spacial score (nSPS) is 24.8. The van der Waals surface area contributed by atoms with Gasteiger partial charge < -0.3 is 10.2 Å². The van der Waals surface area contributed by atoms with Crippen molar-refractivity contribution in [1.29, 1.82) is 0 Å². The fourth-order valence-corrected chi connectivity index (χ4v) is 4.89. The van der Waals surface area contributed by atoms with Crippen molar-refractivity contribution in [2.75, 3.05) is 0 Å². The highest BCUT2D eigenvalue weighted by Crippen LogP contribution is 2.41. The Morgan fingerprint density at radius 1 is 0.690 bits per heavy atom. The third-order valence-electron chi connectivity index (χ3n) is 7.20. The van der Waals surface area contributed by atoms with Gasteiger partial charge in [0.1, 0.15) is 36.5 Å². The lowest BCUT2D eigenvalue weighted by atomic mass is 9.74. The molecule has 0 aromatic heterocycles. The summed E-state index contributed by atoms with van der Waals surface area (Å²) >= 11 is 0. The molecule has 0 bridgehead atoms. The maximum atomic E-state index is 11.7. The first kappa shape index (κ1) is 32.3. The summed E-state index contributed by atoms with van der Waals surface area (Å²) < 4.78 is 0. The number of hydroxylamine groups is 4. The van der Waals surface area contributed by atoms with Gasteiger partial charge in [-0.05, 0) is 47.6 Å². The van der Waals surface area contributed by atoms with Gasteiger partial charge in [-0.25, -0.2) is 10.1 Å². The Kier molecular flexibility index (Phi) is 10.1. The Morgan fingerprint density at radius 3 is 1.69 bits per heavy atom. The van der Waals surface area contributed by atoms with Crippen molar-refractivity contribution in [3.63, 3.8) is 0 Å².